The highest BCUT2D eigenvalue weighted by atomic mass is 79.9. The smallest absolute Gasteiger partial charge is 0.355 e. The van der Waals surface area contributed by atoms with Gasteiger partial charge in [0.05, 0.1) is 19.8 Å². The second-order valence-corrected chi connectivity index (χ2v) is 5.21. The average Bonchev–Trinajstić information content (AvgIpc) is 2.98. The number of ketones is 1. The van der Waals surface area contributed by atoms with Crippen molar-refractivity contribution in [3.63, 3.8) is 0 Å². The highest BCUT2D eigenvalue weighted by Gasteiger charge is 2.17. The van der Waals surface area contributed by atoms with E-state index in [2.05, 4.69) is 20.9 Å². The number of hydrogen-bond acceptors (Lipinski definition) is 5. The first-order valence-electron chi connectivity index (χ1n) is 6.31. The van der Waals surface area contributed by atoms with Crippen LogP contribution in [0.2, 0.25) is 0 Å². The molecular formula is C15H14BrNO5. The molecule has 0 saturated carbocycles. The number of hydrogen-bond donors (Lipinski definition) is 1. The molecule has 7 heteroatoms. The molecule has 0 aliphatic carbocycles. The summed E-state index contributed by atoms with van der Waals surface area (Å²) in [6, 6.07) is 6.41. The number of benzene rings is 1. The summed E-state index contributed by atoms with van der Waals surface area (Å²) in [5.74, 6) is -0.0797. The number of halogens is 1. The lowest BCUT2D eigenvalue weighted by molar-refractivity contribution is 0.0468. The van der Waals surface area contributed by atoms with Crippen molar-refractivity contribution in [2.75, 3.05) is 20.8 Å². The third-order valence-corrected chi connectivity index (χ3v) is 3.37. The molecule has 6 nitrogen and oxygen atoms in total. The molecule has 2 aromatic rings. The molecular weight excluding hydrogens is 354 g/mol. The van der Waals surface area contributed by atoms with E-state index in [-0.39, 0.29) is 18.1 Å². The second kappa shape index (κ2) is 7.13. The highest BCUT2D eigenvalue weighted by Crippen LogP contribution is 2.24. The summed E-state index contributed by atoms with van der Waals surface area (Å²) in [6.45, 7) is -0.390. The Hall–Kier alpha value is -2.28. The lowest BCUT2D eigenvalue weighted by atomic mass is 10.1. The van der Waals surface area contributed by atoms with Crippen LogP contribution in [0.15, 0.2) is 34.9 Å². The van der Waals surface area contributed by atoms with Gasteiger partial charge in [-0.15, -0.1) is 0 Å². The number of nitrogens with one attached hydrogen (secondary N) is 1. The minimum Gasteiger partial charge on any atom is -0.497 e. The Morgan fingerprint density at radius 1 is 1.18 bits per heavy atom. The number of aromatic nitrogens is 1. The Morgan fingerprint density at radius 2 is 1.95 bits per heavy atom. The summed E-state index contributed by atoms with van der Waals surface area (Å²) < 4.78 is 15.9. The van der Waals surface area contributed by atoms with Gasteiger partial charge < -0.3 is 19.2 Å². The van der Waals surface area contributed by atoms with Crippen LogP contribution in [0, 0.1) is 0 Å². The van der Waals surface area contributed by atoms with Crippen molar-refractivity contribution in [3.8, 4) is 11.5 Å². The van der Waals surface area contributed by atoms with Gasteiger partial charge in [0.1, 0.15) is 17.2 Å². The molecule has 0 fully saturated rings. The summed E-state index contributed by atoms with van der Waals surface area (Å²) in [7, 11) is 2.96. The van der Waals surface area contributed by atoms with E-state index in [1.165, 1.54) is 14.2 Å². The standard InChI is InChI=1S/C15H14BrNO5/c1-20-10-3-4-14(21-2)11(6-10)13(18)8-22-15(19)12-5-9(16)7-17-12/h3-7,17H,8H2,1-2H3. The summed E-state index contributed by atoms with van der Waals surface area (Å²) in [4.78, 5) is 26.7. The zero-order chi connectivity index (χ0) is 16.1. The first-order chi connectivity index (χ1) is 10.5. The maximum atomic E-state index is 12.2. The number of rotatable bonds is 6. The summed E-state index contributed by atoms with van der Waals surface area (Å²) in [6.07, 6.45) is 1.60. The molecule has 0 aliphatic heterocycles. The Labute approximate surface area is 135 Å². The van der Waals surface area contributed by atoms with Gasteiger partial charge in [0, 0.05) is 10.7 Å². The number of ether oxygens (including phenoxy) is 3. The molecule has 1 heterocycles. The SMILES string of the molecule is COc1ccc(OC)c(C(=O)COC(=O)c2cc(Br)c[nH]2)c1. The van der Waals surface area contributed by atoms with E-state index < -0.39 is 5.97 Å². The van der Waals surface area contributed by atoms with Crippen LogP contribution in [0.25, 0.3) is 0 Å². The topological polar surface area (TPSA) is 77.6 Å². The fourth-order valence-corrected chi connectivity index (χ4v) is 2.15. The van der Waals surface area contributed by atoms with E-state index in [0.717, 1.165) is 4.47 Å². The van der Waals surface area contributed by atoms with Gasteiger partial charge in [-0.25, -0.2) is 4.79 Å². The molecule has 0 amide bonds. The van der Waals surface area contributed by atoms with E-state index in [1.807, 2.05) is 0 Å². The predicted molar refractivity (Wildman–Crippen MR) is 82.7 cm³/mol. The quantitative estimate of drug-likeness (QED) is 0.627. The van der Waals surface area contributed by atoms with E-state index in [9.17, 15) is 9.59 Å². The molecule has 116 valence electrons. The van der Waals surface area contributed by atoms with Crippen molar-refractivity contribution < 1.29 is 23.8 Å². The molecule has 22 heavy (non-hydrogen) atoms. The monoisotopic (exact) mass is 367 g/mol. The molecule has 0 radical (unpaired) electrons. The first kappa shape index (κ1) is 16.1. The maximum Gasteiger partial charge on any atom is 0.355 e. The Morgan fingerprint density at radius 3 is 2.55 bits per heavy atom. The normalized spacial score (nSPS) is 10.1. The zero-order valence-electron chi connectivity index (χ0n) is 12.0. The molecule has 1 aromatic carbocycles. The molecule has 2 rings (SSSR count). The van der Waals surface area contributed by atoms with Crippen LogP contribution in [0.4, 0.5) is 0 Å². The van der Waals surface area contributed by atoms with Gasteiger partial charge in [-0.05, 0) is 40.2 Å². The van der Waals surface area contributed by atoms with Crippen LogP contribution in [-0.2, 0) is 4.74 Å². The molecule has 0 aliphatic rings. The van der Waals surface area contributed by atoms with Gasteiger partial charge in [-0.1, -0.05) is 0 Å². The molecule has 0 spiro atoms. The number of carbonyl (C=O) groups is 2. The average molecular weight is 368 g/mol. The fourth-order valence-electron chi connectivity index (χ4n) is 1.80. The number of methoxy groups -OCH3 is 2. The summed E-state index contributed by atoms with van der Waals surface area (Å²) >= 11 is 3.22. The van der Waals surface area contributed by atoms with Crippen LogP contribution in [0.5, 0.6) is 11.5 Å². The van der Waals surface area contributed by atoms with Crippen LogP contribution >= 0.6 is 15.9 Å². The highest BCUT2D eigenvalue weighted by molar-refractivity contribution is 9.10. The summed E-state index contributed by atoms with van der Waals surface area (Å²) in [5.41, 5.74) is 0.555. The van der Waals surface area contributed by atoms with Gasteiger partial charge >= 0.3 is 5.97 Å². The van der Waals surface area contributed by atoms with Crippen LogP contribution in [0.1, 0.15) is 20.8 Å². The molecule has 1 N–H and O–H groups in total. The third kappa shape index (κ3) is 3.67. The van der Waals surface area contributed by atoms with Crippen LogP contribution in [-0.4, -0.2) is 37.6 Å². The van der Waals surface area contributed by atoms with Gasteiger partial charge in [0.15, 0.2) is 6.61 Å². The Bertz CT molecular complexity index is 695. The van der Waals surface area contributed by atoms with Gasteiger partial charge in [-0.3, -0.25) is 4.79 Å². The lowest BCUT2D eigenvalue weighted by Crippen LogP contribution is -2.15. The van der Waals surface area contributed by atoms with Gasteiger partial charge in [-0.2, -0.15) is 0 Å². The Kier molecular flexibility index (Phi) is 5.21. The van der Waals surface area contributed by atoms with Crippen molar-refractivity contribution >= 4 is 27.7 Å². The van der Waals surface area contributed by atoms with Crippen molar-refractivity contribution in [2.45, 2.75) is 0 Å². The van der Waals surface area contributed by atoms with Crippen molar-refractivity contribution in [1.29, 1.82) is 0 Å². The van der Waals surface area contributed by atoms with E-state index in [4.69, 9.17) is 14.2 Å². The Balaban J connectivity index is 2.07. The predicted octanol–water partition coefficient (Wildman–Crippen LogP) is 2.83. The van der Waals surface area contributed by atoms with E-state index in [1.54, 1.807) is 30.5 Å². The number of carbonyl (C=O) groups excluding carboxylic acids is 2. The molecule has 1 aromatic heterocycles. The lowest BCUT2D eigenvalue weighted by Gasteiger charge is -2.09. The number of H-pyrrole nitrogens is 1. The number of aromatic amines is 1. The van der Waals surface area contributed by atoms with Crippen LogP contribution < -0.4 is 9.47 Å². The fraction of sp³-hybridized carbons (Fsp3) is 0.200. The number of Topliss-reactive ketones (excluding diaryl/α,β-unsaturated/α-hetero) is 1. The zero-order valence-corrected chi connectivity index (χ0v) is 13.6. The van der Waals surface area contributed by atoms with E-state index >= 15 is 0 Å². The minimum absolute atomic E-state index is 0.261. The maximum absolute atomic E-state index is 12.2. The van der Waals surface area contributed by atoms with E-state index in [0.29, 0.717) is 17.1 Å². The summed E-state index contributed by atoms with van der Waals surface area (Å²) in [5, 5.41) is 0. The molecule has 0 atom stereocenters. The molecule has 0 saturated heterocycles. The van der Waals surface area contributed by atoms with Crippen molar-refractivity contribution in [3.05, 3.63) is 46.2 Å². The van der Waals surface area contributed by atoms with Gasteiger partial charge in [0.2, 0.25) is 5.78 Å². The largest absolute Gasteiger partial charge is 0.497 e. The van der Waals surface area contributed by atoms with Crippen molar-refractivity contribution in [2.24, 2.45) is 0 Å². The van der Waals surface area contributed by atoms with Gasteiger partial charge in [0.25, 0.3) is 0 Å². The van der Waals surface area contributed by atoms with Crippen molar-refractivity contribution in [1.82, 2.24) is 4.98 Å². The minimum atomic E-state index is -0.610. The molecule has 0 bridgehead atoms. The first-order valence-corrected chi connectivity index (χ1v) is 7.10. The second-order valence-electron chi connectivity index (χ2n) is 4.30. The van der Waals surface area contributed by atoms with Crippen LogP contribution in [0.3, 0.4) is 0 Å². The third-order valence-electron chi connectivity index (χ3n) is 2.91. The number of esters is 1. The molecule has 0 unspecified atom stereocenters.